The Labute approximate surface area is 205 Å². The number of fused-ring (bicyclic) bond motifs is 3. The van der Waals surface area contributed by atoms with E-state index < -0.39 is 0 Å². The fourth-order valence-electron chi connectivity index (χ4n) is 6.37. The van der Waals surface area contributed by atoms with Crippen molar-refractivity contribution in [3.8, 4) is 0 Å². The lowest BCUT2D eigenvalue weighted by atomic mass is 9.80. The topological polar surface area (TPSA) is 90.1 Å². The van der Waals surface area contributed by atoms with Gasteiger partial charge in [-0.05, 0) is 43.0 Å². The van der Waals surface area contributed by atoms with Gasteiger partial charge in [0.1, 0.15) is 0 Å². The molecule has 35 heavy (non-hydrogen) atoms. The normalized spacial score (nSPS) is 27.4. The molecule has 3 unspecified atom stereocenters. The van der Waals surface area contributed by atoms with Crippen LogP contribution in [0.1, 0.15) is 65.8 Å². The fraction of sp³-hybridized carbons (Fsp3) is 0.393. The number of carbonyl (C=O) groups excluding carboxylic acids is 2. The van der Waals surface area contributed by atoms with Crippen LogP contribution in [0.25, 0.3) is 0 Å². The first-order chi connectivity index (χ1) is 17.2. The molecule has 0 radical (unpaired) electrons. The van der Waals surface area contributed by atoms with E-state index in [0.717, 1.165) is 50.0 Å². The number of benzene rings is 2. The molecule has 3 aliphatic rings. The zero-order chi connectivity index (χ0) is 23.8. The molecule has 3 heterocycles. The molecule has 0 spiro atoms. The predicted octanol–water partition coefficient (Wildman–Crippen LogP) is 4.45. The van der Waals surface area contributed by atoms with E-state index in [-0.39, 0.29) is 41.8 Å². The van der Waals surface area contributed by atoms with Crippen molar-refractivity contribution in [3.05, 3.63) is 83.9 Å². The lowest BCUT2D eigenvalue weighted by Crippen LogP contribution is -2.50. The highest BCUT2D eigenvalue weighted by molar-refractivity contribution is 5.94. The molecule has 2 aliphatic heterocycles. The molecule has 1 aromatic heterocycles. The van der Waals surface area contributed by atoms with E-state index in [1.165, 1.54) is 5.56 Å². The van der Waals surface area contributed by atoms with Crippen molar-refractivity contribution in [2.24, 2.45) is 11.8 Å². The van der Waals surface area contributed by atoms with Gasteiger partial charge in [-0.15, -0.1) is 0 Å². The SMILES string of the molecule is O=C(N[C@@H]1CCCC[C@@H]1C(=O)N1CCC2C(c3cnc[nH]3)Nc3ccccc3C21)c1ccccc1. The Morgan fingerprint density at radius 3 is 2.60 bits per heavy atom. The summed E-state index contributed by atoms with van der Waals surface area (Å²) in [7, 11) is 0. The summed E-state index contributed by atoms with van der Waals surface area (Å²) in [6.45, 7) is 0.727. The van der Waals surface area contributed by atoms with E-state index in [2.05, 4.69) is 43.7 Å². The van der Waals surface area contributed by atoms with Crippen LogP contribution >= 0.6 is 0 Å². The van der Waals surface area contributed by atoms with Crippen LogP contribution in [0.2, 0.25) is 0 Å². The minimum Gasteiger partial charge on any atom is -0.376 e. The standard InChI is InChI=1S/C28H31N5O2/c34-27(18-8-2-1-3-9-18)32-23-13-7-5-11-20(23)28(35)33-15-14-21-25(24-16-29-17-30-24)31-22-12-6-4-10-19(22)26(21)33/h1-4,6,8-10,12,16-17,20-21,23,25-26,31H,5,7,11,13-15H2,(H,29,30)(H,32,34)/t20-,21?,23+,25?,26?/m0/s1. The van der Waals surface area contributed by atoms with E-state index in [0.29, 0.717) is 5.56 Å². The average Bonchev–Trinajstić information content (AvgIpc) is 3.60. The molecule has 5 atom stereocenters. The Kier molecular flexibility index (Phi) is 5.76. The Hall–Kier alpha value is -3.61. The maximum absolute atomic E-state index is 14.1. The second-order valence-corrected chi connectivity index (χ2v) is 9.98. The van der Waals surface area contributed by atoms with Crippen LogP contribution in [-0.4, -0.2) is 39.3 Å². The number of aromatic amines is 1. The molecule has 2 aromatic carbocycles. The molecule has 1 aliphatic carbocycles. The van der Waals surface area contributed by atoms with Crippen molar-refractivity contribution in [3.63, 3.8) is 0 Å². The van der Waals surface area contributed by atoms with Gasteiger partial charge in [0.25, 0.3) is 5.91 Å². The number of aromatic nitrogens is 2. The first-order valence-corrected chi connectivity index (χ1v) is 12.7. The van der Waals surface area contributed by atoms with Gasteiger partial charge in [-0.3, -0.25) is 9.59 Å². The first-order valence-electron chi connectivity index (χ1n) is 12.7. The molecular formula is C28H31N5O2. The van der Waals surface area contributed by atoms with E-state index >= 15 is 0 Å². The monoisotopic (exact) mass is 469 g/mol. The van der Waals surface area contributed by atoms with Crippen molar-refractivity contribution in [2.75, 3.05) is 11.9 Å². The summed E-state index contributed by atoms with van der Waals surface area (Å²) in [6.07, 6.45) is 8.22. The first kappa shape index (κ1) is 21.9. The lowest BCUT2D eigenvalue weighted by molar-refractivity contribution is -0.138. The Morgan fingerprint density at radius 1 is 0.971 bits per heavy atom. The Balaban J connectivity index is 1.27. The van der Waals surface area contributed by atoms with Gasteiger partial charge in [0.15, 0.2) is 0 Å². The van der Waals surface area contributed by atoms with Crippen molar-refractivity contribution in [1.29, 1.82) is 0 Å². The van der Waals surface area contributed by atoms with Gasteiger partial charge in [-0.25, -0.2) is 4.98 Å². The van der Waals surface area contributed by atoms with Crippen LogP contribution in [0.4, 0.5) is 5.69 Å². The number of likely N-dealkylation sites (tertiary alicyclic amines) is 1. The zero-order valence-corrected chi connectivity index (χ0v) is 19.7. The number of nitrogens with one attached hydrogen (secondary N) is 3. The van der Waals surface area contributed by atoms with Crippen LogP contribution in [0.3, 0.4) is 0 Å². The van der Waals surface area contributed by atoms with Crippen molar-refractivity contribution >= 4 is 17.5 Å². The predicted molar refractivity (Wildman–Crippen MR) is 134 cm³/mol. The lowest BCUT2D eigenvalue weighted by Gasteiger charge is -2.41. The molecule has 7 heteroatoms. The summed E-state index contributed by atoms with van der Waals surface area (Å²) in [6, 6.07) is 17.6. The molecular weight excluding hydrogens is 438 g/mol. The third-order valence-corrected chi connectivity index (χ3v) is 8.04. The smallest absolute Gasteiger partial charge is 0.251 e. The highest BCUT2D eigenvalue weighted by Gasteiger charge is 2.48. The highest BCUT2D eigenvalue weighted by Crippen LogP contribution is 2.51. The maximum Gasteiger partial charge on any atom is 0.251 e. The van der Waals surface area contributed by atoms with Gasteiger partial charge in [-0.2, -0.15) is 0 Å². The summed E-state index contributed by atoms with van der Waals surface area (Å²) in [4.78, 5) is 36.7. The number of hydrogen-bond donors (Lipinski definition) is 3. The third kappa shape index (κ3) is 3.99. The third-order valence-electron chi connectivity index (χ3n) is 8.04. The van der Waals surface area contributed by atoms with Gasteiger partial charge < -0.3 is 20.5 Å². The minimum atomic E-state index is -0.192. The molecule has 1 saturated carbocycles. The number of H-pyrrole nitrogens is 1. The van der Waals surface area contributed by atoms with E-state index in [4.69, 9.17) is 0 Å². The molecule has 2 amide bonds. The summed E-state index contributed by atoms with van der Waals surface area (Å²) >= 11 is 0. The number of para-hydroxylation sites is 1. The van der Waals surface area contributed by atoms with Crippen LogP contribution in [0.5, 0.6) is 0 Å². The van der Waals surface area contributed by atoms with Gasteiger partial charge in [0.2, 0.25) is 5.91 Å². The fourth-order valence-corrected chi connectivity index (χ4v) is 6.37. The Morgan fingerprint density at radius 2 is 1.77 bits per heavy atom. The summed E-state index contributed by atoms with van der Waals surface area (Å²) in [5, 5.41) is 6.90. The van der Waals surface area contributed by atoms with Crippen LogP contribution < -0.4 is 10.6 Å². The van der Waals surface area contributed by atoms with Gasteiger partial charge in [-0.1, -0.05) is 49.2 Å². The van der Waals surface area contributed by atoms with Crippen LogP contribution in [-0.2, 0) is 4.79 Å². The number of nitrogens with zero attached hydrogens (tertiary/aromatic N) is 2. The van der Waals surface area contributed by atoms with E-state index in [9.17, 15) is 9.59 Å². The molecule has 7 nitrogen and oxygen atoms in total. The molecule has 3 N–H and O–H groups in total. The van der Waals surface area contributed by atoms with Crippen LogP contribution in [0, 0.1) is 11.8 Å². The number of rotatable bonds is 4. The average molecular weight is 470 g/mol. The Bertz CT molecular complexity index is 1200. The summed E-state index contributed by atoms with van der Waals surface area (Å²) in [5.41, 5.74) is 3.94. The molecule has 2 fully saturated rings. The largest absolute Gasteiger partial charge is 0.376 e. The van der Waals surface area contributed by atoms with Crippen molar-refractivity contribution in [2.45, 2.75) is 50.2 Å². The summed E-state index contributed by atoms with van der Waals surface area (Å²) < 4.78 is 0. The maximum atomic E-state index is 14.1. The van der Waals surface area contributed by atoms with Crippen molar-refractivity contribution in [1.82, 2.24) is 20.2 Å². The molecule has 6 rings (SSSR count). The molecule has 180 valence electrons. The number of imidazole rings is 1. The number of amides is 2. The molecule has 3 aromatic rings. The van der Waals surface area contributed by atoms with Gasteiger partial charge >= 0.3 is 0 Å². The van der Waals surface area contributed by atoms with Crippen LogP contribution in [0.15, 0.2) is 67.1 Å². The quantitative estimate of drug-likeness (QED) is 0.526. The van der Waals surface area contributed by atoms with Gasteiger partial charge in [0.05, 0.1) is 36.2 Å². The second-order valence-electron chi connectivity index (χ2n) is 9.98. The second kappa shape index (κ2) is 9.21. The van der Waals surface area contributed by atoms with Gasteiger partial charge in [0, 0.05) is 29.8 Å². The zero-order valence-electron chi connectivity index (χ0n) is 19.7. The number of hydrogen-bond acceptors (Lipinski definition) is 4. The van der Waals surface area contributed by atoms with Crippen molar-refractivity contribution < 1.29 is 9.59 Å². The van der Waals surface area contributed by atoms with E-state index in [1.54, 1.807) is 6.33 Å². The number of anilines is 1. The molecule has 1 saturated heterocycles. The highest BCUT2D eigenvalue weighted by atomic mass is 16.2. The minimum absolute atomic E-state index is 0.0145. The molecule has 0 bridgehead atoms. The van der Waals surface area contributed by atoms with E-state index in [1.807, 2.05) is 42.6 Å². The summed E-state index contributed by atoms with van der Waals surface area (Å²) in [5.74, 6) is 0.148. The number of carbonyl (C=O) groups is 2.